The molecule has 0 atom stereocenters. The second kappa shape index (κ2) is 5.68. The molecular formula is C12H11N3O4S. The molecule has 0 spiro atoms. The van der Waals surface area contributed by atoms with Crippen LogP contribution in [-0.4, -0.2) is 25.0 Å². The van der Waals surface area contributed by atoms with Crippen LogP contribution >= 0.6 is 0 Å². The molecule has 0 aliphatic heterocycles. The van der Waals surface area contributed by atoms with E-state index in [9.17, 15) is 8.42 Å². The van der Waals surface area contributed by atoms with E-state index >= 15 is 0 Å². The lowest BCUT2D eigenvalue weighted by Crippen LogP contribution is -2.12. The van der Waals surface area contributed by atoms with Gasteiger partial charge in [-0.05, 0) is 12.1 Å². The van der Waals surface area contributed by atoms with Gasteiger partial charge in [0.1, 0.15) is 5.76 Å². The van der Waals surface area contributed by atoms with Crippen molar-refractivity contribution in [3.8, 4) is 0 Å². The SMILES string of the molecule is N/C(=N\N=C\c1ccc(S(=O)(=O)O)o1)c1ccccc1. The predicted molar refractivity (Wildman–Crippen MR) is 73.3 cm³/mol. The molecule has 3 N–H and O–H groups in total. The summed E-state index contributed by atoms with van der Waals surface area (Å²) in [6.07, 6.45) is 1.18. The second-order valence-corrected chi connectivity index (χ2v) is 5.08. The Morgan fingerprint density at radius 3 is 2.50 bits per heavy atom. The van der Waals surface area contributed by atoms with Gasteiger partial charge in [-0.2, -0.15) is 13.5 Å². The molecule has 0 aliphatic rings. The number of hydrogen-bond acceptors (Lipinski definition) is 5. The molecule has 0 fully saturated rings. The highest BCUT2D eigenvalue weighted by Crippen LogP contribution is 2.11. The molecule has 0 saturated heterocycles. The summed E-state index contributed by atoms with van der Waals surface area (Å²) in [7, 11) is -4.36. The lowest BCUT2D eigenvalue weighted by Gasteiger charge is -1.96. The van der Waals surface area contributed by atoms with Crippen LogP contribution in [0.5, 0.6) is 0 Å². The maximum atomic E-state index is 10.8. The van der Waals surface area contributed by atoms with Gasteiger partial charge in [0.15, 0.2) is 5.84 Å². The molecule has 2 aromatic rings. The summed E-state index contributed by atoms with van der Waals surface area (Å²) in [6.45, 7) is 0. The fourth-order valence-electron chi connectivity index (χ4n) is 1.36. The first-order valence-corrected chi connectivity index (χ1v) is 6.90. The number of nitrogens with zero attached hydrogens (tertiary/aromatic N) is 2. The van der Waals surface area contributed by atoms with Crippen molar-refractivity contribution in [3.05, 3.63) is 53.8 Å². The van der Waals surface area contributed by atoms with E-state index in [1.54, 1.807) is 12.1 Å². The normalized spacial score (nSPS) is 12.9. The summed E-state index contributed by atoms with van der Waals surface area (Å²) >= 11 is 0. The second-order valence-electron chi connectivity index (χ2n) is 3.73. The lowest BCUT2D eigenvalue weighted by molar-refractivity contribution is 0.404. The summed E-state index contributed by atoms with van der Waals surface area (Å²) in [5, 5.41) is 6.88. The van der Waals surface area contributed by atoms with Crippen LogP contribution < -0.4 is 5.73 Å². The van der Waals surface area contributed by atoms with Gasteiger partial charge in [0.05, 0.1) is 6.21 Å². The molecule has 8 heteroatoms. The number of hydrogen-bond donors (Lipinski definition) is 2. The minimum absolute atomic E-state index is 0.127. The molecule has 1 aromatic heterocycles. The Labute approximate surface area is 115 Å². The molecule has 0 saturated carbocycles. The van der Waals surface area contributed by atoms with E-state index in [0.717, 1.165) is 6.07 Å². The summed E-state index contributed by atoms with van der Waals surface area (Å²) in [5.41, 5.74) is 6.41. The summed E-state index contributed by atoms with van der Waals surface area (Å²) in [5.74, 6) is 0.339. The molecule has 2 rings (SSSR count). The quantitative estimate of drug-likeness (QED) is 0.381. The fraction of sp³-hybridized carbons (Fsp3) is 0. The van der Waals surface area contributed by atoms with Gasteiger partial charge in [-0.25, -0.2) is 0 Å². The largest absolute Gasteiger partial charge is 0.441 e. The molecular weight excluding hydrogens is 282 g/mol. The summed E-state index contributed by atoms with van der Waals surface area (Å²) in [6, 6.07) is 11.5. The van der Waals surface area contributed by atoms with Crippen LogP contribution in [0.25, 0.3) is 0 Å². The number of nitrogens with two attached hydrogens (primary N) is 1. The zero-order valence-corrected chi connectivity index (χ0v) is 11.0. The third-order valence-electron chi connectivity index (χ3n) is 2.28. The van der Waals surface area contributed by atoms with E-state index < -0.39 is 15.2 Å². The van der Waals surface area contributed by atoms with Gasteiger partial charge in [0.25, 0.3) is 0 Å². The highest BCUT2D eigenvalue weighted by Gasteiger charge is 2.13. The van der Waals surface area contributed by atoms with Crippen molar-refractivity contribution >= 4 is 22.2 Å². The Morgan fingerprint density at radius 1 is 1.20 bits per heavy atom. The van der Waals surface area contributed by atoms with Crippen LogP contribution in [0.1, 0.15) is 11.3 Å². The number of amidine groups is 1. The lowest BCUT2D eigenvalue weighted by atomic mass is 10.2. The Bertz CT molecular complexity index is 748. The van der Waals surface area contributed by atoms with E-state index in [-0.39, 0.29) is 11.6 Å². The first-order valence-electron chi connectivity index (χ1n) is 5.46. The maximum Gasteiger partial charge on any atom is 0.328 e. The van der Waals surface area contributed by atoms with Crippen molar-refractivity contribution in [2.24, 2.45) is 15.9 Å². The topological polar surface area (TPSA) is 118 Å². The van der Waals surface area contributed by atoms with Crippen molar-refractivity contribution in [2.75, 3.05) is 0 Å². The Morgan fingerprint density at radius 2 is 1.90 bits per heavy atom. The molecule has 0 unspecified atom stereocenters. The van der Waals surface area contributed by atoms with Gasteiger partial charge in [-0.15, -0.1) is 5.10 Å². The average molecular weight is 293 g/mol. The van der Waals surface area contributed by atoms with Crippen molar-refractivity contribution in [3.63, 3.8) is 0 Å². The number of furan rings is 1. The highest BCUT2D eigenvalue weighted by molar-refractivity contribution is 7.85. The van der Waals surface area contributed by atoms with E-state index in [1.165, 1.54) is 12.3 Å². The molecule has 0 radical (unpaired) electrons. The molecule has 1 heterocycles. The molecule has 0 bridgehead atoms. The Hall–Kier alpha value is -2.45. The molecule has 1 aromatic carbocycles. The average Bonchev–Trinajstić information content (AvgIpc) is 2.88. The summed E-state index contributed by atoms with van der Waals surface area (Å²) < 4.78 is 35.2. The van der Waals surface area contributed by atoms with Crippen LogP contribution in [0.15, 0.2) is 62.2 Å². The van der Waals surface area contributed by atoms with Gasteiger partial charge >= 0.3 is 10.1 Å². The maximum absolute atomic E-state index is 10.8. The summed E-state index contributed by atoms with van der Waals surface area (Å²) in [4.78, 5) is 0. The third kappa shape index (κ3) is 3.53. The molecule has 0 amide bonds. The predicted octanol–water partition coefficient (Wildman–Crippen LogP) is 1.27. The molecule has 0 aliphatic carbocycles. The van der Waals surface area contributed by atoms with Crippen molar-refractivity contribution < 1.29 is 17.4 Å². The Kier molecular flexibility index (Phi) is 3.97. The minimum Gasteiger partial charge on any atom is -0.441 e. The van der Waals surface area contributed by atoms with Gasteiger partial charge in [-0.3, -0.25) is 4.55 Å². The zero-order chi connectivity index (χ0) is 14.6. The van der Waals surface area contributed by atoms with Crippen LogP contribution in [0.2, 0.25) is 0 Å². The van der Waals surface area contributed by atoms with Crippen molar-refractivity contribution in [1.29, 1.82) is 0 Å². The monoisotopic (exact) mass is 293 g/mol. The van der Waals surface area contributed by atoms with Crippen LogP contribution in [0.3, 0.4) is 0 Å². The van der Waals surface area contributed by atoms with E-state index in [2.05, 4.69) is 10.2 Å². The number of benzene rings is 1. The van der Waals surface area contributed by atoms with Crippen LogP contribution in [-0.2, 0) is 10.1 Å². The van der Waals surface area contributed by atoms with Crippen molar-refractivity contribution in [1.82, 2.24) is 0 Å². The van der Waals surface area contributed by atoms with Gasteiger partial charge in [-0.1, -0.05) is 30.3 Å². The van der Waals surface area contributed by atoms with E-state index in [1.807, 2.05) is 18.2 Å². The first kappa shape index (κ1) is 14.0. The Balaban J connectivity index is 2.13. The molecule has 20 heavy (non-hydrogen) atoms. The van der Waals surface area contributed by atoms with Crippen LogP contribution in [0, 0.1) is 0 Å². The standard InChI is InChI=1S/C12H11N3O4S/c13-12(9-4-2-1-3-5-9)15-14-8-10-6-7-11(19-10)20(16,17)18/h1-8H,(H2,13,15)(H,16,17,18)/b14-8+. The fourth-order valence-corrected chi connectivity index (χ4v) is 1.80. The van der Waals surface area contributed by atoms with Crippen LogP contribution in [0.4, 0.5) is 0 Å². The molecule has 104 valence electrons. The van der Waals surface area contributed by atoms with E-state index in [0.29, 0.717) is 5.56 Å². The minimum atomic E-state index is -4.36. The zero-order valence-electron chi connectivity index (χ0n) is 10.2. The van der Waals surface area contributed by atoms with Crippen molar-refractivity contribution in [2.45, 2.75) is 5.09 Å². The third-order valence-corrected chi connectivity index (χ3v) is 3.00. The van der Waals surface area contributed by atoms with E-state index in [4.69, 9.17) is 14.7 Å². The first-order chi connectivity index (χ1) is 9.47. The smallest absolute Gasteiger partial charge is 0.328 e. The van der Waals surface area contributed by atoms with Gasteiger partial charge < -0.3 is 10.2 Å². The number of rotatable bonds is 4. The highest BCUT2D eigenvalue weighted by atomic mass is 32.2. The molecule has 7 nitrogen and oxygen atoms in total. The van der Waals surface area contributed by atoms with Gasteiger partial charge in [0, 0.05) is 5.56 Å². The van der Waals surface area contributed by atoms with Gasteiger partial charge in [0.2, 0.25) is 5.09 Å².